The van der Waals surface area contributed by atoms with Gasteiger partial charge in [0.15, 0.2) is 11.5 Å². The summed E-state index contributed by atoms with van der Waals surface area (Å²) in [6.07, 6.45) is 0.895. The normalized spacial score (nSPS) is 12.5. The third-order valence-corrected chi connectivity index (χ3v) is 3.61. The maximum absolute atomic E-state index is 5.39. The van der Waals surface area contributed by atoms with Crippen LogP contribution in [0, 0.1) is 11.8 Å². The number of hydrogen-bond donors (Lipinski definition) is 0. The maximum Gasteiger partial charge on any atom is 0.161 e. The van der Waals surface area contributed by atoms with Gasteiger partial charge in [-0.25, -0.2) is 0 Å². The molecule has 0 N–H and O–H groups in total. The molecule has 0 spiro atoms. The Labute approximate surface area is 130 Å². The molecule has 0 radical (unpaired) electrons. The van der Waals surface area contributed by atoms with E-state index in [2.05, 4.69) is 16.8 Å². The molecule has 1 heterocycles. The van der Waals surface area contributed by atoms with Crippen molar-refractivity contribution in [2.24, 2.45) is 4.99 Å². The molecule has 0 aliphatic carbocycles. The van der Waals surface area contributed by atoms with Crippen molar-refractivity contribution in [3.63, 3.8) is 0 Å². The van der Waals surface area contributed by atoms with E-state index in [9.17, 15) is 0 Å². The van der Waals surface area contributed by atoms with E-state index in [1.807, 2.05) is 42.5 Å². The van der Waals surface area contributed by atoms with Crippen molar-refractivity contribution in [2.45, 2.75) is 6.42 Å². The second-order valence-electron chi connectivity index (χ2n) is 4.96. The number of rotatable bonds is 2. The first kappa shape index (κ1) is 14.2. The molecule has 3 rings (SSSR count). The van der Waals surface area contributed by atoms with Crippen LogP contribution in [0.15, 0.2) is 47.5 Å². The van der Waals surface area contributed by atoms with Gasteiger partial charge in [-0.3, -0.25) is 4.99 Å². The molecule has 0 atom stereocenters. The van der Waals surface area contributed by atoms with E-state index in [0.717, 1.165) is 35.6 Å². The van der Waals surface area contributed by atoms with Gasteiger partial charge in [0.2, 0.25) is 0 Å². The Morgan fingerprint density at radius 2 is 1.68 bits per heavy atom. The minimum absolute atomic E-state index is 0.706. The summed E-state index contributed by atoms with van der Waals surface area (Å²) in [7, 11) is 3.29. The zero-order valence-corrected chi connectivity index (χ0v) is 12.7. The summed E-state index contributed by atoms with van der Waals surface area (Å²) >= 11 is 0. The van der Waals surface area contributed by atoms with Crippen LogP contribution in [-0.2, 0) is 6.42 Å². The first-order valence-electron chi connectivity index (χ1n) is 7.18. The third kappa shape index (κ3) is 2.82. The Morgan fingerprint density at radius 3 is 2.41 bits per heavy atom. The summed E-state index contributed by atoms with van der Waals surface area (Å²) in [5.74, 6) is 7.81. The quantitative estimate of drug-likeness (QED) is 0.796. The van der Waals surface area contributed by atoms with Gasteiger partial charge < -0.3 is 9.47 Å². The number of fused-ring (bicyclic) bond motifs is 1. The minimum Gasteiger partial charge on any atom is -0.493 e. The monoisotopic (exact) mass is 291 g/mol. The summed E-state index contributed by atoms with van der Waals surface area (Å²) in [6, 6.07) is 13.9. The Morgan fingerprint density at radius 1 is 0.955 bits per heavy atom. The van der Waals surface area contributed by atoms with E-state index in [-0.39, 0.29) is 0 Å². The Bertz CT molecular complexity index is 767. The van der Waals surface area contributed by atoms with E-state index < -0.39 is 0 Å². The van der Waals surface area contributed by atoms with Gasteiger partial charge in [-0.1, -0.05) is 24.1 Å². The molecular weight excluding hydrogens is 274 g/mol. The highest BCUT2D eigenvalue weighted by molar-refractivity contribution is 6.15. The number of ether oxygens (including phenoxy) is 2. The molecule has 110 valence electrons. The summed E-state index contributed by atoms with van der Waals surface area (Å²) in [6.45, 7) is 0.751. The molecule has 0 amide bonds. The van der Waals surface area contributed by atoms with Crippen molar-refractivity contribution in [2.75, 3.05) is 20.8 Å². The molecule has 22 heavy (non-hydrogen) atoms. The fraction of sp³-hybridized carbons (Fsp3) is 0.211. The molecule has 3 heteroatoms. The molecule has 2 aromatic carbocycles. The van der Waals surface area contributed by atoms with E-state index >= 15 is 0 Å². The van der Waals surface area contributed by atoms with Crippen LogP contribution in [0.2, 0.25) is 0 Å². The van der Waals surface area contributed by atoms with E-state index in [4.69, 9.17) is 9.47 Å². The van der Waals surface area contributed by atoms with Crippen LogP contribution in [-0.4, -0.2) is 26.5 Å². The Hall–Kier alpha value is -2.73. The van der Waals surface area contributed by atoms with Crippen LogP contribution >= 0.6 is 0 Å². The lowest BCUT2D eigenvalue weighted by Crippen LogP contribution is -2.12. The second-order valence-corrected chi connectivity index (χ2v) is 4.96. The highest BCUT2D eigenvalue weighted by atomic mass is 16.5. The molecule has 0 saturated heterocycles. The molecule has 1 aliphatic heterocycles. The average molecular weight is 291 g/mol. The van der Waals surface area contributed by atoms with Gasteiger partial charge in [-0.15, -0.1) is 0 Å². The average Bonchev–Trinajstić information content (AvgIpc) is 2.59. The van der Waals surface area contributed by atoms with Crippen LogP contribution in [0.3, 0.4) is 0 Å². The number of aliphatic imine (C=N–C) groups is 1. The van der Waals surface area contributed by atoms with Crippen LogP contribution in [0.1, 0.15) is 16.7 Å². The Kier molecular flexibility index (Phi) is 4.11. The molecule has 3 nitrogen and oxygen atoms in total. The van der Waals surface area contributed by atoms with Crippen LogP contribution in [0.25, 0.3) is 0 Å². The Balaban J connectivity index is 2.00. The van der Waals surface area contributed by atoms with Gasteiger partial charge in [-0.2, -0.15) is 0 Å². The van der Waals surface area contributed by atoms with Crippen LogP contribution in [0.4, 0.5) is 0 Å². The number of methoxy groups -OCH3 is 2. The molecule has 0 bridgehead atoms. The summed E-state index contributed by atoms with van der Waals surface area (Å²) < 4.78 is 10.8. The molecule has 0 unspecified atom stereocenters. The lowest BCUT2D eigenvalue weighted by atomic mass is 9.96. The number of nitrogens with zero attached hydrogens (tertiary/aromatic N) is 1. The number of hydrogen-bond acceptors (Lipinski definition) is 3. The molecule has 0 aromatic heterocycles. The zero-order chi connectivity index (χ0) is 15.4. The summed E-state index contributed by atoms with van der Waals surface area (Å²) in [5, 5.41) is 0. The standard InChI is InChI=1S/C19H17NO2/c1-21-18-12-15-10-11-20-17(16(15)13-19(18)22-2)9-8-14-6-4-3-5-7-14/h3-7,12-13H,10-11H2,1-2H3. The minimum atomic E-state index is 0.706. The first-order chi connectivity index (χ1) is 10.8. The second kappa shape index (κ2) is 6.36. The van der Waals surface area contributed by atoms with Crippen molar-refractivity contribution < 1.29 is 9.47 Å². The predicted molar refractivity (Wildman–Crippen MR) is 88.0 cm³/mol. The lowest BCUT2D eigenvalue weighted by molar-refractivity contribution is 0.354. The van der Waals surface area contributed by atoms with Gasteiger partial charge in [0, 0.05) is 17.7 Å². The maximum atomic E-state index is 5.39. The van der Waals surface area contributed by atoms with Gasteiger partial charge in [0.05, 0.1) is 14.2 Å². The van der Waals surface area contributed by atoms with Crippen LogP contribution in [0.5, 0.6) is 11.5 Å². The van der Waals surface area contributed by atoms with Gasteiger partial charge in [0.25, 0.3) is 0 Å². The highest BCUT2D eigenvalue weighted by Crippen LogP contribution is 2.32. The fourth-order valence-corrected chi connectivity index (χ4v) is 2.48. The number of benzene rings is 2. The molecule has 0 fully saturated rings. The fourth-order valence-electron chi connectivity index (χ4n) is 2.48. The van der Waals surface area contributed by atoms with Gasteiger partial charge in [-0.05, 0) is 42.2 Å². The summed E-state index contributed by atoms with van der Waals surface area (Å²) in [5.41, 5.74) is 4.03. The van der Waals surface area contributed by atoms with Gasteiger partial charge in [0.1, 0.15) is 5.71 Å². The molecule has 0 saturated carbocycles. The van der Waals surface area contributed by atoms with E-state index in [1.165, 1.54) is 5.56 Å². The van der Waals surface area contributed by atoms with Crippen molar-refractivity contribution in [3.05, 3.63) is 59.2 Å². The lowest BCUT2D eigenvalue weighted by Gasteiger charge is -2.17. The predicted octanol–water partition coefficient (Wildman–Crippen LogP) is 3.10. The smallest absolute Gasteiger partial charge is 0.161 e. The van der Waals surface area contributed by atoms with E-state index in [1.54, 1.807) is 14.2 Å². The van der Waals surface area contributed by atoms with Crippen molar-refractivity contribution >= 4 is 5.71 Å². The third-order valence-electron chi connectivity index (χ3n) is 3.61. The van der Waals surface area contributed by atoms with Crippen molar-refractivity contribution in [3.8, 4) is 23.3 Å². The molecule has 2 aromatic rings. The molecular formula is C19H17NO2. The van der Waals surface area contributed by atoms with Gasteiger partial charge >= 0.3 is 0 Å². The highest BCUT2D eigenvalue weighted by Gasteiger charge is 2.17. The first-order valence-corrected chi connectivity index (χ1v) is 7.18. The van der Waals surface area contributed by atoms with Crippen molar-refractivity contribution in [1.29, 1.82) is 0 Å². The summed E-state index contributed by atoms with van der Waals surface area (Å²) in [4.78, 5) is 4.56. The SMILES string of the molecule is COc1cc2c(cc1OC)C(C#Cc1ccccc1)=NCC2. The largest absolute Gasteiger partial charge is 0.493 e. The van der Waals surface area contributed by atoms with Crippen LogP contribution < -0.4 is 9.47 Å². The topological polar surface area (TPSA) is 30.8 Å². The zero-order valence-electron chi connectivity index (χ0n) is 12.7. The van der Waals surface area contributed by atoms with E-state index in [0.29, 0.717) is 5.75 Å². The molecule has 1 aliphatic rings. The van der Waals surface area contributed by atoms with Crippen molar-refractivity contribution in [1.82, 2.24) is 0 Å².